The van der Waals surface area contributed by atoms with Crippen molar-refractivity contribution in [2.75, 3.05) is 6.26 Å². The summed E-state index contributed by atoms with van der Waals surface area (Å²) in [5.74, 6) is 2.92. The van der Waals surface area contributed by atoms with Gasteiger partial charge in [-0.15, -0.1) is 5.92 Å². The molecule has 1 N–H and O–H groups in total. The van der Waals surface area contributed by atoms with Gasteiger partial charge in [-0.3, -0.25) is 0 Å². The molecule has 5 nitrogen and oxygen atoms in total. The lowest BCUT2D eigenvalue weighted by molar-refractivity contribution is -0.142. The molecule has 0 heterocycles. The van der Waals surface area contributed by atoms with Crippen molar-refractivity contribution < 1.29 is 22.5 Å². The first-order valence-corrected chi connectivity index (χ1v) is 4.72. The number of aliphatic carboxylic acids is 1. The summed E-state index contributed by atoms with van der Waals surface area (Å²) in [7, 11) is -3.77. The van der Waals surface area contributed by atoms with Crippen LogP contribution in [0.15, 0.2) is 0 Å². The van der Waals surface area contributed by atoms with Crippen molar-refractivity contribution in [2.45, 2.75) is 13.0 Å². The van der Waals surface area contributed by atoms with E-state index in [4.69, 9.17) is 5.11 Å². The van der Waals surface area contributed by atoms with E-state index in [1.165, 1.54) is 6.92 Å². The Bertz CT molecular complexity index is 318. The first-order chi connectivity index (χ1) is 5.37. The predicted octanol–water partition coefficient (Wildman–Crippen LogP) is -0.561. The zero-order chi connectivity index (χ0) is 9.78. The van der Waals surface area contributed by atoms with Crippen LogP contribution in [-0.4, -0.2) is 31.9 Å². The molecule has 0 radical (unpaired) electrons. The van der Waals surface area contributed by atoms with Crippen LogP contribution in [0, 0.1) is 11.8 Å². The second-order valence-corrected chi connectivity index (χ2v) is 3.51. The number of rotatable bonds is 3. The van der Waals surface area contributed by atoms with Gasteiger partial charge in [-0.1, -0.05) is 5.92 Å². The monoisotopic (exact) mass is 192 g/mol. The third-order valence-corrected chi connectivity index (χ3v) is 1.31. The molecular formula is C6H8O5S. The van der Waals surface area contributed by atoms with Crippen LogP contribution >= 0.6 is 0 Å². The minimum atomic E-state index is -3.77. The van der Waals surface area contributed by atoms with E-state index in [1.54, 1.807) is 0 Å². The molecule has 0 amide bonds. The van der Waals surface area contributed by atoms with Crippen LogP contribution in [0.3, 0.4) is 0 Å². The predicted molar refractivity (Wildman–Crippen MR) is 40.8 cm³/mol. The summed E-state index contributed by atoms with van der Waals surface area (Å²) in [5, 5.41) is 8.38. The largest absolute Gasteiger partial charge is 0.479 e. The summed E-state index contributed by atoms with van der Waals surface area (Å²) in [6.45, 7) is 1.39. The van der Waals surface area contributed by atoms with Crippen LogP contribution < -0.4 is 0 Å². The average Bonchev–Trinajstić information content (AvgIpc) is 1.83. The van der Waals surface area contributed by atoms with Gasteiger partial charge in [-0.25, -0.2) is 8.98 Å². The van der Waals surface area contributed by atoms with E-state index in [0.29, 0.717) is 0 Å². The number of hydrogen-bond donors (Lipinski definition) is 1. The van der Waals surface area contributed by atoms with Crippen LogP contribution in [0.5, 0.6) is 0 Å². The fourth-order valence-electron chi connectivity index (χ4n) is 0.433. The first-order valence-electron chi connectivity index (χ1n) is 2.90. The number of carbonyl (C=O) groups is 1. The van der Waals surface area contributed by atoms with Crippen LogP contribution in [0.2, 0.25) is 0 Å². The van der Waals surface area contributed by atoms with Crippen molar-refractivity contribution in [1.82, 2.24) is 0 Å². The van der Waals surface area contributed by atoms with Gasteiger partial charge in [0.15, 0.2) is 0 Å². The van der Waals surface area contributed by atoms with Crippen molar-refractivity contribution in [3.63, 3.8) is 0 Å². The molecule has 0 spiro atoms. The van der Waals surface area contributed by atoms with E-state index in [1.807, 2.05) is 0 Å². The zero-order valence-electron chi connectivity index (χ0n) is 6.57. The van der Waals surface area contributed by atoms with E-state index in [0.717, 1.165) is 6.26 Å². The summed E-state index contributed by atoms with van der Waals surface area (Å²) in [4.78, 5) is 10.3. The van der Waals surface area contributed by atoms with E-state index in [2.05, 4.69) is 16.0 Å². The van der Waals surface area contributed by atoms with Gasteiger partial charge in [0.25, 0.3) is 10.1 Å². The molecule has 68 valence electrons. The minimum Gasteiger partial charge on any atom is -0.479 e. The van der Waals surface area contributed by atoms with E-state index >= 15 is 0 Å². The van der Waals surface area contributed by atoms with Crippen LogP contribution in [0.25, 0.3) is 0 Å². The molecule has 1 atom stereocenters. The molecule has 0 aromatic carbocycles. The summed E-state index contributed by atoms with van der Waals surface area (Å²) in [6.07, 6.45) is -0.842. The van der Waals surface area contributed by atoms with Gasteiger partial charge in [0, 0.05) is 0 Å². The topological polar surface area (TPSA) is 80.7 Å². The lowest BCUT2D eigenvalue weighted by Crippen LogP contribution is -2.24. The normalized spacial score (nSPS) is 12.8. The highest BCUT2D eigenvalue weighted by molar-refractivity contribution is 7.86. The zero-order valence-corrected chi connectivity index (χ0v) is 7.38. The quantitative estimate of drug-likeness (QED) is 0.479. The first kappa shape index (κ1) is 10.9. The van der Waals surface area contributed by atoms with Crippen molar-refractivity contribution in [2.24, 2.45) is 0 Å². The van der Waals surface area contributed by atoms with Gasteiger partial charge in [0.1, 0.15) is 0 Å². The van der Waals surface area contributed by atoms with Crippen molar-refractivity contribution >= 4 is 16.1 Å². The Morgan fingerprint density at radius 3 is 2.33 bits per heavy atom. The Hall–Kier alpha value is -1.06. The molecule has 1 unspecified atom stereocenters. The summed E-state index contributed by atoms with van der Waals surface area (Å²) < 4.78 is 25.1. The Kier molecular flexibility index (Phi) is 3.73. The maximum Gasteiger partial charge on any atom is 0.347 e. The molecule has 12 heavy (non-hydrogen) atoms. The Morgan fingerprint density at radius 2 is 2.08 bits per heavy atom. The molecule has 6 heteroatoms. The highest BCUT2D eigenvalue weighted by Crippen LogP contribution is 1.96. The van der Waals surface area contributed by atoms with Gasteiger partial charge in [0.05, 0.1) is 6.26 Å². The van der Waals surface area contributed by atoms with Gasteiger partial charge < -0.3 is 5.11 Å². The molecular weight excluding hydrogens is 184 g/mol. The Balaban J connectivity index is 4.53. The van der Waals surface area contributed by atoms with Crippen molar-refractivity contribution in [3.8, 4) is 11.8 Å². The molecule has 0 saturated heterocycles. The lowest BCUT2D eigenvalue weighted by atomic mass is 10.4. The summed E-state index contributed by atoms with van der Waals surface area (Å²) in [6, 6.07) is 0. The molecule has 0 aliphatic rings. The summed E-state index contributed by atoms with van der Waals surface area (Å²) in [5.41, 5.74) is 0. The smallest absolute Gasteiger partial charge is 0.347 e. The highest BCUT2D eigenvalue weighted by Gasteiger charge is 2.20. The van der Waals surface area contributed by atoms with Crippen LogP contribution in [0.4, 0.5) is 0 Å². The van der Waals surface area contributed by atoms with Gasteiger partial charge in [0.2, 0.25) is 6.10 Å². The molecule has 0 rings (SSSR count). The summed E-state index contributed by atoms with van der Waals surface area (Å²) >= 11 is 0. The van der Waals surface area contributed by atoms with Crippen LogP contribution in [-0.2, 0) is 19.1 Å². The highest BCUT2D eigenvalue weighted by atomic mass is 32.2. The van der Waals surface area contributed by atoms with Crippen molar-refractivity contribution in [3.05, 3.63) is 0 Å². The molecule has 0 aliphatic heterocycles. The second kappa shape index (κ2) is 4.09. The third-order valence-electron chi connectivity index (χ3n) is 0.771. The molecule has 0 aliphatic carbocycles. The van der Waals surface area contributed by atoms with E-state index in [-0.39, 0.29) is 0 Å². The lowest BCUT2D eigenvalue weighted by Gasteiger charge is -2.03. The molecule has 0 fully saturated rings. The van der Waals surface area contributed by atoms with Gasteiger partial charge in [-0.05, 0) is 6.92 Å². The maximum atomic E-state index is 10.5. The average molecular weight is 192 g/mol. The Morgan fingerprint density at radius 1 is 1.58 bits per heavy atom. The van der Waals surface area contributed by atoms with E-state index < -0.39 is 22.2 Å². The molecule has 0 aromatic heterocycles. The molecule has 0 bridgehead atoms. The minimum absolute atomic E-state index is 0.764. The number of carboxylic acid groups (broad SMARTS) is 1. The van der Waals surface area contributed by atoms with E-state index in [9.17, 15) is 13.2 Å². The van der Waals surface area contributed by atoms with Gasteiger partial charge in [-0.2, -0.15) is 8.42 Å². The molecule has 0 aromatic rings. The van der Waals surface area contributed by atoms with Crippen LogP contribution in [0.1, 0.15) is 6.92 Å². The Labute approximate surface area is 70.5 Å². The molecule has 0 saturated carbocycles. The number of hydrogen-bond acceptors (Lipinski definition) is 4. The number of carboxylic acids is 1. The maximum absolute atomic E-state index is 10.5. The van der Waals surface area contributed by atoms with Crippen molar-refractivity contribution in [1.29, 1.82) is 0 Å². The third kappa shape index (κ3) is 4.71. The fourth-order valence-corrected chi connectivity index (χ4v) is 0.913. The van der Waals surface area contributed by atoms with Gasteiger partial charge >= 0.3 is 5.97 Å². The SMILES string of the molecule is CC#CC(OS(C)(=O)=O)C(=O)O. The second-order valence-electron chi connectivity index (χ2n) is 1.91. The fraction of sp³-hybridized carbons (Fsp3) is 0.500. The standard InChI is InChI=1S/C6H8O5S/c1-3-4-5(6(7)8)11-12(2,9)10/h5H,1-2H3,(H,7,8).